The predicted molar refractivity (Wildman–Crippen MR) is 76.4 cm³/mol. The summed E-state index contributed by atoms with van der Waals surface area (Å²) in [7, 11) is 0. The molecule has 2 aromatic heterocycles. The molecule has 2 heterocycles. The summed E-state index contributed by atoms with van der Waals surface area (Å²) < 4.78 is 3.43. The maximum Gasteiger partial charge on any atom is 0.276 e. The summed E-state index contributed by atoms with van der Waals surface area (Å²) in [5, 5.41) is 5.25. The standard InChI is InChI=1S/C13H18BrN3O/c1-10(3-5-14)4-6-16-7-8-17-12(13(16)18)9-11(2)15-17/h7-10H,3-6H2,1-2H3. The van der Waals surface area contributed by atoms with Crippen molar-refractivity contribution in [3.05, 3.63) is 34.5 Å². The number of aromatic nitrogens is 3. The molecule has 0 aliphatic heterocycles. The van der Waals surface area contributed by atoms with Gasteiger partial charge >= 0.3 is 0 Å². The fourth-order valence-electron chi connectivity index (χ4n) is 2.01. The van der Waals surface area contributed by atoms with Gasteiger partial charge in [0.1, 0.15) is 5.52 Å². The van der Waals surface area contributed by atoms with Crippen LogP contribution in [-0.4, -0.2) is 19.5 Å². The Bertz CT molecular complexity index is 587. The number of hydrogen-bond donors (Lipinski definition) is 0. The summed E-state index contributed by atoms with van der Waals surface area (Å²) >= 11 is 3.45. The van der Waals surface area contributed by atoms with E-state index in [1.165, 1.54) is 0 Å². The van der Waals surface area contributed by atoms with Gasteiger partial charge in [0.2, 0.25) is 0 Å². The first-order valence-electron chi connectivity index (χ1n) is 6.23. The van der Waals surface area contributed by atoms with Crippen molar-refractivity contribution in [3.63, 3.8) is 0 Å². The molecule has 2 rings (SSSR count). The van der Waals surface area contributed by atoms with E-state index in [2.05, 4.69) is 28.0 Å². The molecule has 0 aliphatic carbocycles. The van der Waals surface area contributed by atoms with Gasteiger partial charge in [-0.2, -0.15) is 5.10 Å². The Morgan fingerprint density at radius 2 is 2.17 bits per heavy atom. The van der Waals surface area contributed by atoms with Crippen molar-refractivity contribution < 1.29 is 0 Å². The SMILES string of the molecule is Cc1cc2c(=O)n(CCC(C)CCBr)ccn2n1. The average Bonchev–Trinajstić information content (AvgIpc) is 2.70. The lowest BCUT2D eigenvalue weighted by Gasteiger charge is -2.11. The lowest BCUT2D eigenvalue weighted by atomic mass is 10.1. The average molecular weight is 312 g/mol. The third-order valence-corrected chi connectivity index (χ3v) is 3.65. The molecule has 0 saturated carbocycles. The first-order chi connectivity index (χ1) is 8.61. The van der Waals surface area contributed by atoms with Gasteiger partial charge in [-0.05, 0) is 31.7 Å². The maximum absolute atomic E-state index is 12.2. The summed E-state index contributed by atoms with van der Waals surface area (Å²) in [6.45, 7) is 4.89. The van der Waals surface area contributed by atoms with Crippen LogP contribution in [0.15, 0.2) is 23.3 Å². The van der Waals surface area contributed by atoms with Crippen LogP contribution < -0.4 is 5.56 Å². The molecule has 0 radical (unpaired) electrons. The Hall–Kier alpha value is -1.10. The quantitative estimate of drug-likeness (QED) is 0.796. The van der Waals surface area contributed by atoms with E-state index >= 15 is 0 Å². The largest absolute Gasteiger partial charge is 0.312 e. The monoisotopic (exact) mass is 311 g/mol. The first-order valence-corrected chi connectivity index (χ1v) is 7.35. The Morgan fingerprint density at radius 1 is 1.39 bits per heavy atom. The highest BCUT2D eigenvalue weighted by molar-refractivity contribution is 9.09. The lowest BCUT2D eigenvalue weighted by molar-refractivity contribution is 0.466. The van der Waals surface area contributed by atoms with Gasteiger partial charge in [-0.3, -0.25) is 4.79 Å². The second-order valence-electron chi connectivity index (χ2n) is 4.78. The van der Waals surface area contributed by atoms with Crippen LogP contribution in [-0.2, 0) is 6.54 Å². The molecule has 0 amide bonds. The van der Waals surface area contributed by atoms with Crippen molar-refractivity contribution in [2.45, 2.75) is 33.2 Å². The summed E-state index contributed by atoms with van der Waals surface area (Å²) in [5.41, 5.74) is 1.57. The molecule has 2 aromatic rings. The van der Waals surface area contributed by atoms with Crippen molar-refractivity contribution in [3.8, 4) is 0 Å². The molecule has 98 valence electrons. The normalized spacial score (nSPS) is 13.1. The fraction of sp³-hybridized carbons (Fsp3) is 0.538. The molecule has 0 N–H and O–H groups in total. The minimum Gasteiger partial charge on any atom is -0.312 e. The number of alkyl halides is 1. The van der Waals surface area contributed by atoms with Crippen LogP contribution in [0.5, 0.6) is 0 Å². The van der Waals surface area contributed by atoms with Crippen LogP contribution in [0.3, 0.4) is 0 Å². The molecular weight excluding hydrogens is 294 g/mol. The highest BCUT2D eigenvalue weighted by atomic mass is 79.9. The van der Waals surface area contributed by atoms with E-state index in [-0.39, 0.29) is 5.56 Å². The molecular formula is C13H18BrN3O. The van der Waals surface area contributed by atoms with E-state index in [1.807, 2.05) is 25.4 Å². The van der Waals surface area contributed by atoms with E-state index in [4.69, 9.17) is 0 Å². The van der Waals surface area contributed by atoms with Crippen LogP contribution in [0.25, 0.3) is 5.52 Å². The Balaban J connectivity index is 2.19. The van der Waals surface area contributed by atoms with Gasteiger partial charge in [0.25, 0.3) is 5.56 Å². The summed E-state index contributed by atoms with van der Waals surface area (Å²) in [6, 6.07) is 1.83. The van der Waals surface area contributed by atoms with Crippen LogP contribution in [0.2, 0.25) is 0 Å². The van der Waals surface area contributed by atoms with E-state index in [9.17, 15) is 4.79 Å². The summed E-state index contributed by atoms with van der Waals surface area (Å²) in [5.74, 6) is 0.624. The van der Waals surface area contributed by atoms with Crippen molar-refractivity contribution >= 4 is 21.4 Å². The van der Waals surface area contributed by atoms with Gasteiger partial charge < -0.3 is 4.57 Å². The zero-order chi connectivity index (χ0) is 13.1. The fourth-order valence-corrected chi connectivity index (χ4v) is 2.80. The van der Waals surface area contributed by atoms with E-state index in [0.717, 1.165) is 30.4 Å². The van der Waals surface area contributed by atoms with Gasteiger partial charge in [-0.25, -0.2) is 4.52 Å². The summed E-state index contributed by atoms with van der Waals surface area (Å²) in [6.07, 6.45) is 5.83. The van der Waals surface area contributed by atoms with Crippen molar-refractivity contribution in [1.82, 2.24) is 14.2 Å². The molecule has 0 aromatic carbocycles. The molecule has 18 heavy (non-hydrogen) atoms. The van der Waals surface area contributed by atoms with Crippen molar-refractivity contribution in [2.75, 3.05) is 5.33 Å². The highest BCUT2D eigenvalue weighted by Gasteiger charge is 2.07. The predicted octanol–water partition coefficient (Wildman–Crippen LogP) is 2.62. The van der Waals surface area contributed by atoms with Gasteiger partial charge in [-0.15, -0.1) is 0 Å². The Labute approximate surface area is 115 Å². The molecule has 1 atom stereocenters. The smallest absolute Gasteiger partial charge is 0.276 e. The summed E-state index contributed by atoms with van der Waals surface area (Å²) in [4.78, 5) is 12.2. The van der Waals surface area contributed by atoms with E-state index in [0.29, 0.717) is 11.4 Å². The van der Waals surface area contributed by atoms with Crippen LogP contribution >= 0.6 is 15.9 Å². The van der Waals surface area contributed by atoms with Crippen LogP contribution in [0.4, 0.5) is 0 Å². The first kappa shape index (κ1) is 13.3. The number of nitrogens with zero attached hydrogens (tertiary/aromatic N) is 3. The minimum atomic E-state index is 0.0455. The minimum absolute atomic E-state index is 0.0455. The second kappa shape index (κ2) is 5.69. The molecule has 0 fully saturated rings. The maximum atomic E-state index is 12.2. The van der Waals surface area contributed by atoms with Gasteiger partial charge in [0.05, 0.1) is 5.69 Å². The zero-order valence-electron chi connectivity index (χ0n) is 10.8. The highest BCUT2D eigenvalue weighted by Crippen LogP contribution is 2.10. The van der Waals surface area contributed by atoms with Gasteiger partial charge in [0.15, 0.2) is 0 Å². The second-order valence-corrected chi connectivity index (χ2v) is 5.58. The van der Waals surface area contributed by atoms with Gasteiger partial charge in [0, 0.05) is 24.3 Å². The third-order valence-electron chi connectivity index (χ3n) is 3.19. The number of hydrogen-bond acceptors (Lipinski definition) is 2. The van der Waals surface area contributed by atoms with Crippen molar-refractivity contribution in [2.24, 2.45) is 5.92 Å². The number of rotatable bonds is 5. The lowest BCUT2D eigenvalue weighted by Crippen LogP contribution is -2.22. The molecule has 0 saturated heterocycles. The van der Waals surface area contributed by atoms with Crippen LogP contribution in [0.1, 0.15) is 25.5 Å². The molecule has 0 spiro atoms. The van der Waals surface area contributed by atoms with Gasteiger partial charge in [-0.1, -0.05) is 22.9 Å². The zero-order valence-corrected chi connectivity index (χ0v) is 12.4. The Morgan fingerprint density at radius 3 is 2.89 bits per heavy atom. The topological polar surface area (TPSA) is 39.3 Å². The van der Waals surface area contributed by atoms with Crippen molar-refractivity contribution in [1.29, 1.82) is 0 Å². The van der Waals surface area contributed by atoms with Crippen LogP contribution in [0, 0.1) is 12.8 Å². The van der Waals surface area contributed by atoms with E-state index in [1.54, 1.807) is 9.08 Å². The Kier molecular flexibility index (Phi) is 4.22. The number of fused-ring (bicyclic) bond motifs is 1. The van der Waals surface area contributed by atoms with E-state index < -0.39 is 0 Å². The third kappa shape index (κ3) is 2.83. The number of aryl methyl sites for hydroxylation is 2. The molecule has 4 nitrogen and oxygen atoms in total. The molecule has 5 heteroatoms. The molecule has 0 bridgehead atoms. The molecule has 0 aliphatic rings. The molecule has 1 unspecified atom stereocenters. The number of halogens is 1.